The molecule has 3 N–H and O–H groups in total. The highest BCUT2D eigenvalue weighted by molar-refractivity contribution is 7.71. The second kappa shape index (κ2) is 8.61. The number of anilines is 1. The SMILES string of the molecule is CCOC(=O)c1ccc(NC(=O)CCCn2cnc3c(=O)[nH]c(=S)[nH]c32)cc1. The normalized spacial score (nSPS) is 10.8. The van der Waals surface area contributed by atoms with Gasteiger partial charge in [-0.3, -0.25) is 14.6 Å². The number of imidazole rings is 1. The van der Waals surface area contributed by atoms with Gasteiger partial charge in [0.2, 0.25) is 5.91 Å². The Balaban J connectivity index is 1.54. The van der Waals surface area contributed by atoms with E-state index in [1.54, 1.807) is 35.8 Å². The molecule has 0 unspecified atom stereocenters. The standard InChI is InChI=1S/C18H19N5O4S/c1-2-27-17(26)11-5-7-12(8-6-11)20-13(24)4-3-9-23-10-19-14-15(23)21-18(28)22-16(14)25/h5-8,10H,2-4,9H2,1H3,(H,20,24)(H2,21,22,25,28). The van der Waals surface area contributed by atoms with Gasteiger partial charge in [0, 0.05) is 18.7 Å². The van der Waals surface area contributed by atoms with Crippen molar-refractivity contribution in [3.05, 3.63) is 51.3 Å². The van der Waals surface area contributed by atoms with Crippen LogP contribution in [0.3, 0.4) is 0 Å². The quantitative estimate of drug-likeness (QED) is 0.413. The maximum Gasteiger partial charge on any atom is 0.338 e. The first kappa shape index (κ1) is 19.5. The number of esters is 1. The second-order valence-corrected chi connectivity index (χ2v) is 6.40. The van der Waals surface area contributed by atoms with Crippen LogP contribution in [0.4, 0.5) is 5.69 Å². The van der Waals surface area contributed by atoms with E-state index in [0.717, 1.165) is 0 Å². The number of rotatable bonds is 7. The average Bonchev–Trinajstić information content (AvgIpc) is 3.06. The van der Waals surface area contributed by atoms with Gasteiger partial charge in [0.15, 0.2) is 10.3 Å². The van der Waals surface area contributed by atoms with E-state index in [2.05, 4.69) is 20.3 Å². The summed E-state index contributed by atoms with van der Waals surface area (Å²) in [6, 6.07) is 6.51. The highest BCUT2D eigenvalue weighted by atomic mass is 32.1. The molecule has 2 aromatic heterocycles. The van der Waals surface area contributed by atoms with Gasteiger partial charge in [0.1, 0.15) is 5.65 Å². The Morgan fingerprint density at radius 2 is 2.00 bits per heavy atom. The first-order valence-corrected chi connectivity index (χ1v) is 9.13. The molecule has 1 aromatic carbocycles. The van der Waals surface area contributed by atoms with Crippen LogP contribution < -0.4 is 10.9 Å². The first-order chi connectivity index (χ1) is 13.5. The molecule has 0 aliphatic heterocycles. The van der Waals surface area contributed by atoms with Crippen molar-refractivity contribution in [3.8, 4) is 0 Å². The molecule has 0 fully saturated rings. The van der Waals surface area contributed by atoms with Crippen molar-refractivity contribution in [2.75, 3.05) is 11.9 Å². The van der Waals surface area contributed by atoms with Gasteiger partial charge in [-0.15, -0.1) is 0 Å². The van der Waals surface area contributed by atoms with E-state index >= 15 is 0 Å². The number of benzene rings is 1. The van der Waals surface area contributed by atoms with Crippen molar-refractivity contribution in [1.82, 2.24) is 19.5 Å². The van der Waals surface area contributed by atoms with Crippen molar-refractivity contribution in [1.29, 1.82) is 0 Å². The third-order valence-corrected chi connectivity index (χ3v) is 4.20. The molecule has 0 aliphatic carbocycles. The molecule has 0 saturated carbocycles. The maximum absolute atomic E-state index is 12.1. The number of H-pyrrole nitrogens is 2. The number of fused-ring (bicyclic) bond motifs is 1. The van der Waals surface area contributed by atoms with E-state index in [9.17, 15) is 14.4 Å². The zero-order valence-corrected chi connectivity index (χ0v) is 16.0. The molecule has 146 valence electrons. The fraction of sp³-hybridized carbons (Fsp3) is 0.278. The monoisotopic (exact) mass is 401 g/mol. The highest BCUT2D eigenvalue weighted by Crippen LogP contribution is 2.12. The fourth-order valence-electron chi connectivity index (χ4n) is 2.69. The van der Waals surface area contributed by atoms with Crippen LogP contribution in [0, 0.1) is 4.77 Å². The van der Waals surface area contributed by atoms with Gasteiger partial charge in [-0.05, 0) is 49.8 Å². The molecule has 3 aromatic rings. The fourth-order valence-corrected chi connectivity index (χ4v) is 2.88. The molecule has 28 heavy (non-hydrogen) atoms. The molecule has 10 heteroatoms. The molecule has 0 atom stereocenters. The van der Waals surface area contributed by atoms with Crippen LogP contribution in [0.15, 0.2) is 35.4 Å². The molecule has 2 heterocycles. The number of nitrogens with one attached hydrogen (secondary N) is 3. The summed E-state index contributed by atoms with van der Waals surface area (Å²) in [7, 11) is 0. The summed E-state index contributed by atoms with van der Waals surface area (Å²) in [6.45, 7) is 2.55. The Hall–Kier alpha value is -3.27. The number of carbonyl (C=O) groups is 2. The molecule has 0 radical (unpaired) electrons. The molecule has 0 spiro atoms. The van der Waals surface area contributed by atoms with Crippen LogP contribution in [0.5, 0.6) is 0 Å². The van der Waals surface area contributed by atoms with Crippen molar-refractivity contribution in [2.45, 2.75) is 26.3 Å². The zero-order valence-electron chi connectivity index (χ0n) is 15.2. The van der Waals surface area contributed by atoms with Gasteiger partial charge in [0.25, 0.3) is 5.56 Å². The molecular weight excluding hydrogens is 382 g/mol. The summed E-state index contributed by atoms with van der Waals surface area (Å²) in [5, 5.41) is 2.78. The van der Waals surface area contributed by atoms with E-state index < -0.39 is 5.97 Å². The lowest BCUT2D eigenvalue weighted by atomic mass is 10.2. The minimum atomic E-state index is -0.397. The van der Waals surface area contributed by atoms with E-state index in [1.165, 1.54) is 6.33 Å². The first-order valence-electron chi connectivity index (χ1n) is 8.72. The number of aromatic amines is 2. The van der Waals surface area contributed by atoms with Crippen molar-refractivity contribution in [2.24, 2.45) is 0 Å². The number of ether oxygens (including phenoxy) is 1. The summed E-state index contributed by atoms with van der Waals surface area (Å²) in [4.78, 5) is 45.0. The predicted octanol–water partition coefficient (Wildman–Crippen LogP) is 2.38. The third-order valence-electron chi connectivity index (χ3n) is 3.99. The lowest BCUT2D eigenvalue weighted by molar-refractivity contribution is -0.116. The van der Waals surface area contributed by atoms with E-state index in [-0.39, 0.29) is 28.2 Å². The molecular formula is C18H19N5O4S. The number of carbonyl (C=O) groups excluding carboxylic acids is 2. The molecule has 1 amide bonds. The molecule has 9 nitrogen and oxygen atoms in total. The summed E-state index contributed by atoms with van der Waals surface area (Å²) in [5.41, 5.74) is 1.49. The summed E-state index contributed by atoms with van der Waals surface area (Å²) < 4.78 is 6.90. The van der Waals surface area contributed by atoms with Crippen LogP contribution in [-0.2, 0) is 16.1 Å². The largest absolute Gasteiger partial charge is 0.462 e. The summed E-state index contributed by atoms with van der Waals surface area (Å²) in [6.07, 6.45) is 2.37. The van der Waals surface area contributed by atoms with Gasteiger partial charge in [-0.1, -0.05) is 0 Å². The van der Waals surface area contributed by atoms with Crippen molar-refractivity contribution in [3.63, 3.8) is 0 Å². The van der Waals surface area contributed by atoms with E-state index in [0.29, 0.717) is 36.5 Å². The Bertz CT molecular complexity index is 1110. The summed E-state index contributed by atoms with van der Waals surface area (Å²) in [5.74, 6) is -0.551. The molecule has 0 saturated heterocycles. The van der Waals surface area contributed by atoms with E-state index in [4.69, 9.17) is 17.0 Å². The number of hydrogen-bond donors (Lipinski definition) is 3. The minimum Gasteiger partial charge on any atom is -0.462 e. The number of aryl methyl sites for hydroxylation is 1. The number of hydrogen-bond acceptors (Lipinski definition) is 6. The number of aromatic nitrogens is 4. The van der Waals surface area contributed by atoms with Crippen LogP contribution in [0.2, 0.25) is 0 Å². The Labute approximate surface area is 164 Å². The van der Waals surface area contributed by atoms with Gasteiger partial charge in [-0.25, -0.2) is 9.78 Å². The van der Waals surface area contributed by atoms with Crippen LogP contribution in [-0.4, -0.2) is 38.0 Å². The Morgan fingerprint density at radius 1 is 1.25 bits per heavy atom. The molecule has 0 bridgehead atoms. The number of nitrogens with zero attached hydrogens (tertiary/aromatic N) is 2. The summed E-state index contributed by atoms with van der Waals surface area (Å²) >= 11 is 4.97. The lowest BCUT2D eigenvalue weighted by Crippen LogP contribution is -2.13. The van der Waals surface area contributed by atoms with Crippen molar-refractivity contribution >= 4 is 40.9 Å². The van der Waals surface area contributed by atoms with Gasteiger partial charge in [-0.2, -0.15) is 0 Å². The topological polar surface area (TPSA) is 122 Å². The predicted molar refractivity (Wildman–Crippen MR) is 106 cm³/mol. The highest BCUT2D eigenvalue weighted by Gasteiger charge is 2.09. The Kier molecular flexibility index (Phi) is 5.99. The maximum atomic E-state index is 12.1. The number of amides is 1. The van der Waals surface area contributed by atoms with Crippen LogP contribution in [0.1, 0.15) is 30.1 Å². The van der Waals surface area contributed by atoms with Gasteiger partial charge in [0.05, 0.1) is 18.5 Å². The molecule has 3 rings (SSSR count). The van der Waals surface area contributed by atoms with Crippen LogP contribution in [0.25, 0.3) is 11.2 Å². The second-order valence-electron chi connectivity index (χ2n) is 5.99. The average molecular weight is 401 g/mol. The minimum absolute atomic E-state index is 0.154. The van der Waals surface area contributed by atoms with Gasteiger partial charge >= 0.3 is 5.97 Å². The Morgan fingerprint density at radius 3 is 2.71 bits per heavy atom. The van der Waals surface area contributed by atoms with Crippen molar-refractivity contribution < 1.29 is 14.3 Å². The molecule has 0 aliphatic rings. The smallest absolute Gasteiger partial charge is 0.338 e. The lowest BCUT2D eigenvalue weighted by Gasteiger charge is -2.07. The third kappa shape index (κ3) is 4.52. The zero-order chi connectivity index (χ0) is 20.1. The van der Waals surface area contributed by atoms with Crippen LogP contribution >= 0.6 is 12.2 Å². The van der Waals surface area contributed by atoms with E-state index in [1.807, 2.05) is 0 Å². The van der Waals surface area contributed by atoms with Gasteiger partial charge < -0.3 is 19.6 Å².